The molecule has 9 nitrogen and oxygen atoms in total. The zero-order chi connectivity index (χ0) is 26.5. The molecule has 37 heavy (non-hydrogen) atoms. The van der Waals surface area contributed by atoms with Crippen LogP contribution in [-0.2, 0) is 30.5 Å². The van der Waals surface area contributed by atoms with E-state index in [1.807, 2.05) is 0 Å². The summed E-state index contributed by atoms with van der Waals surface area (Å²) in [6.45, 7) is 3.28. The van der Waals surface area contributed by atoms with Crippen molar-refractivity contribution in [1.82, 2.24) is 4.90 Å². The summed E-state index contributed by atoms with van der Waals surface area (Å²) in [7, 11) is 1.55. The number of para-hydroxylation sites is 1. The first-order valence-electron chi connectivity index (χ1n) is 11.9. The Balaban J connectivity index is 1.73. The summed E-state index contributed by atoms with van der Waals surface area (Å²) < 4.78 is 10.5. The van der Waals surface area contributed by atoms with E-state index in [1.54, 1.807) is 75.6 Å². The number of amides is 2. The number of esters is 1. The number of anilines is 1. The van der Waals surface area contributed by atoms with E-state index in [-0.39, 0.29) is 30.1 Å². The van der Waals surface area contributed by atoms with Crippen LogP contribution in [0.25, 0.3) is 0 Å². The second-order valence-electron chi connectivity index (χ2n) is 9.13. The van der Waals surface area contributed by atoms with E-state index in [2.05, 4.69) is 0 Å². The quantitative estimate of drug-likeness (QED) is 0.364. The third kappa shape index (κ3) is 3.20. The minimum atomic E-state index is -2.21. The molecule has 0 aromatic heterocycles. The van der Waals surface area contributed by atoms with Gasteiger partial charge < -0.3 is 19.5 Å². The molecule has 1 fully saturated rings. The number of nitrogens with zero attached hydrogens (tertiary/aromatic N) is 2. The first-order chi connectivity index (χ1) is 17.7. The van der Waals surface area contributed by atoms with Crippen molar-refractivity contribution >= 4 is 29.3 Å². The van der Waals surface area contributed by atoms with E-state index in [1.165, 1.54) is 11.0 Å². The maximum atomic E-state index is 14.3. The van der Waals surface area contributed by atoms with E-state index >= 15 is 0 Å². The predicted molar refractivity (Wildman–Crippen MR) is 132 cm³/mol. The third-order valence-electron chi connectivity index (χ3n) is 7.35. The molecule has 2 aromatic carbocycles. The number of allylic oxidation sites excluding steroid dienone is 2. The van der Waals surface area contributed by atoms with Crippen LogP contribution in [0.2, 0.25) is 0 Å². The molecule has 5 rings (SSSR count). The van der Waals surface area contributed by atoms with E-state index in [0.29, 0.717) is 5.75 Å². The molecular formula is C28H26N2O7. The number of methoxy groups -OCH3 is 1. The largest absolute Gasteiger partial charge is 0.497 e. The van der Waals surface area contributed by atoms with Crippen molar-refractivity contribution in [3.05, 3.63) is 83.6 Å². The third-order valence-corrected chi connectivity index (χ3v) is 7.35. The van der Waals surface area contributed by atoms with Crippen LogP contribution in [0.5, 0.6) is 5.75 Å². The molecule has 2 heterocycles. The first-order valence-corrected chi connectivity index (χ1v) is 11.9. The van der Waals surface area contributed by atoms with Gasteiger partial charge in [-0.1, -0.05) is 30.3 Å². The Bertz CT molecular complexity index is 1360. The van der Waals surface area contributed by atoms with E-state index in [4.69, 9.17) is 9.47 Å². The van der Waals surface area contributed by atoms with Gasteiger partial charge in [-0.15, -0.1) is 0 Å². The Hall–Kier alpha value is -4.24. The fraction of sp³-hybridized carbons (Fsp3) is 0.286. The van der Waals surface area contributed by atoms with Crippen molar-refractivity contribution in [1.29, 1.82) is 0 Å². The highest BCUT2D eigenvalue weighted by atomic mass is 16.5. The monoisotopic (exact) mass is 502 g/mol. The second kappa shape index (κ2) is 8.70. The molecule has 2 aliphatic heterocycles. The van der Waals surface area contributed by atoms with Gasteiger partial charge in [-0.05, 0) is 55.8 Å². The number of rotatable bonds is 6. The predicted octanol–water partition coefficient (Wildman–Crippen LogP) is 2.35. The molecule has 1 saturated heterocycles. The van der Waals surface area contributed by atoms with Gasteiger partial charge in [0.2, 0.25) is 5.91 Å². The van der Waals surface area contributed by atoms with Gasteiger partial charge in [0.15, 0.2) is 16.9 Å². The number of ketones is 1. The molecule has 1 spiro atoms. The lowest BCUT2D eigenvalue weighted by molar-refractivity contribution is -0.167. The first kappa shape index (κ1) is 24.5. The minimum absolute atomic E-state index is 0.00158. The fourth-order valence-electron chi connectivity index (χ4n) is 5.75. The molecule has 9 heteroatoms. The number of aliphatic hydroxyl groups is 1. The molecule has 2 amide bonds. The maximum Gasteiger partial charge on any atom is 0.337 e. The SMILES string of the molecule is CCOC(=O)C1=C(C)N(Cc2ccc(OC)cc2)C2(O)C=CC(=O)C3C(=O)N(c4ccccc4)C(=O)C132. The zero-order valence-corrected chi connectivity index (χ0v) is 20.6. The second-order valence-corrected chi connectivity index (χ2v) is 9.13. The Morgan fingerprint density at radius 2 is 1.73 bits per heavy atom. The lowest BCUT2D eigenvalue weighted by Crippen LogP contribution is -2.63. The highest BCUT2D eigenvalue weighted by Gasteiger charge is 2.79. The molecule has 0 radical (unpaired) electrons. The minimum Gasteiger partial charge on any atom is -0.497 e. The molecule has 3 aliphatic rings. The van der Waals surface area contributed by atoms with Gasteiger partial charge in [0.05, 0.1) is 25.0 Å². The van der Waals surface area contributed by atoms with Crippen LogP contribution in [-0.4, -0.2) is 53.0 Å². The molecule has 3 atom stereocenters. The number of imide groups is 1. The number of hydrogen-bond donors (Lipinski definition) is 1. The topological polar surface area (TPSA) is 113 Å². The van der Waals surface area contributed by atoms with Gasteiger partial charge in [-0.25, -0.2) is 9.69 Å². The molecular weight excluding hydrogens is 476 g/mol. The van der Waals surface area contributed by atoms with Crippen molar-refractivity contribution < 1.29 is 33.8 Å². The summed E-state index contributed by atoms with van der Waals surface area (Å²) in [6, 6.07) is 15.2. The number of ether oxygens (including phenoxy) is 2. The van der Waals surface area contributed by atoms with Gasteiger partial charge in [0.25, 0.3) is 5.91 Å². The van der Waals surface area contributed by atoms with Crippen molar-refractivity contribution in [3.63, 3.8) is 0 Å². The van der Waals surface area contributed by atoms with Gasteiger partial charge in [-0.3, -0.25) is 14.4 Å². The number of carbonyl (C=O) groups is 4. The molecule has 2 aromatic rings. The van der Waals surface area contributed by atoms with Crippen molar-refractivity contribution in [2.24, 2.45) is 11.3 Å². The summed E-state index contributed by atoms with van der Waals surface area (Å²) in [5, 5.41) is 12.3. The summed E-state index contributed by atoms with van der Waals surface area (Å²) in [5.41, 5.74) is -3.36. The molecule has 0 bridgehead atoms. The Morgan fingerprint density at radius 3 is 2.35 bits per heavy atom. The van der Waals surface area contributed by atoms with Crippen molar-refractivity contribution in [3.8, 4) is 5.75 Å². The molecule has 1 aliphatic carbocycles. The smallest absolute Gasteiger partial charge is 0.337 e. The number of hydrogen-bond acceptors (Lipinski definition) is 8. The Labute approximate surface area is 213 Å². The van der Waals surface area contributed by atoms with Gasteiger partial charge in [0.1, 0.15) is 11.7 Å². The van der Waals surface area contributed by atoms with Crippen molar-refractivity contribution in [2.45, 2.75) is 26.1 Å². The number of benzene rings is 2. The Kier molecular flexibility index (Phi) is 5.75. The van der Waals surface area contributed by atoms with Crippen LogP contribution >= 0.6 is 0 Å². The lowest BCUT2D eigenvalue weighted by atomic mass is 9.61. The van der Waals surface area contributed by atoms with Gasteiger partial charge >= 0.3 is 5.97 Å². The highest BCUT2D eigenvalue weighted by Crippen LogP contribution is 2.62. The maximum absolute atomic E-state index is 14.3. The summed E-state index contributed by atoms with van der Waals surface area (Å²) in [6.07, 6.45) is 2.33. The average molecular weight is 503 g/mol. The average Bonchev–Trinajstić information content (AvgIpc) is 3.25. The number of carbonyl (C=O) groups excluding carboxylic acids is 4. The van der Waals surface area contributed by atoms with E-state index < -0.39 is 40.6 Å². The van der Waals surface area contributed by atoms with Crippen LogP contribution in [0.4, 0.5) is 5.69 Å². The van der Waals surface area contributed by atoms with Gasteiger partial charge in [0, 0.05) is 12.2 Å². The fourth-order valence-corrected chi connectivity index (χ4v) is 5.75. The molecule has 0 saturated carbocycles. The standard InChI is InChI=1S/C28H26N2O7/c1-4-37-25(33)22-17(2)29(16-18-10-12-20(36-3)13-11-18)27(35)15-14-21(31)23-24(32)30(26(34)28(22,23)27)19-8-6-5-7-9-19/h5-15,23,35H,4,16H2,1-3H3. The van der Waals surface area contributed by atoms with Crippen LogP contribution in [0.1, 0.15) is 19.4 Å². The van der Waals surface area contributed by atoms with Crippen LogP contribution < -0.4 is 9.64 Å². The van der Waals surface area contributed by atoms with Crippen LogP contribution in [0.15, 0.2) is 78.0 Å². The summed E-state index contributed by atoms with van der Waals surface area (Å²) in [5.74, 6) is -4.18. The van der Waals surface area contributed by atoms with Crippen LogP contribution in [0, 0.1) is 11.3 Å². The van der Waals surface area contributed by atoms with Crippen LogP contribution in [0.3, 0.4) is 0 Å². The van der Waals surface area contributed by atoms with E-state index in [0.717, 1.165) is 16.5 Å². The molecule has 3 unspecified atom stereocenters. The van der Waals surface area contributed by atoms with Gasteiger partial charge in [-0.2, -0.15) is 0 Å². The Morgan fingerprint density at radius 1 is 1.05 bits per heavy atom. The zero-order valence-electron chi connectivity index (χ0n) is 20.6. The molecule has 190 valence electrons. The normalized spacial score (nSPS) is 26.5. The highest BCUT2D eigenvalue weighted by molar-refractivity contribution is 6.34. The summed E-state index contributed by atoms with van der Waals surface area (Å²) in [4.78, 5) is 57.1. The van der Waals surface area contributed by atoms with Crippen molar-refractivity contribution in [2.75, 3.05) is 18.6 Å². The summed E-state index contributed by atoms with van der Waals surface area (Å²) >= 11 is 0. The lowest BCUT2D eigenvalue weighted by Gasteiger charge is -2.46. The molecule has 1 N–H and O–H groups in total. The van der Waals surface area contributed by atoms with E-state index in [9.17, 15) is 24.3 Å².